The maximum atomic E-state index is 2.39. The van der Waals surface area contributed by atoms with Crippen LogP contribution in [0.25, 0.3) is 51.5 Å². The van der Waals surface area contributed by atoms with E-state index in [1.807, 2.05) is 22.7 Å². The Morgan fingerprint density at radius 2 is 0.718 bits per heavy atom. The van der Waals surface area contributed by atoms with Gasteiger partial charge in [0.1, 0.15) is 0 Å². The summed E-state index contributed by atoms with van der Waals surface area (Å²) < 4.78 is 5.44. The lowest BCUT2D eigenvalue weighted by atomic mass is 9.67. The fourth-order valence-electron chi connectivity index (χ4n) is 7.05. The second kappa shape index (κ2) is 7.89. The Kier molecular flexibility index (Phi) is 4.38. The van der Waals surface area contributed by atoms with Crippen LogP contribution in [-0.4, -0.2) is 0 Å². The normalized spacial score (nSPS) is 13.8. The van der Waals surface area contributed by atoms with Crippen LogP contribution < -0.4 is 0 Å². The molecular weight excluding hydrogens is 509 g/mol. The van der Waals surface area contributed by atoms with E-state index in [9.17, 15) is 0 Å². The molecule has 2 aromatic heterocycles. The number of benzene rings is 6. The van der Waals surface area contributed by atoms with Gasteiger partial charge in [-0.1, -0.05) is 121 Å². The fourth-order valence-corrected chi connectivity index (χ4v) is 9.59. The van der Waals surface area contributed by atoms with E-state index in [4.69, 9.17) is 0 Å². The second-order valence-corrected chi connectivity index (χ2v) is 12.5. The van der Waals surface area contributed by atoms with E-state index < -0.39 is 5.41 Å². The Morgan fingerprint density at radius 3 is 1.23 bits per heavy atom. The topological polar surface area (TPSA) is 0 Å². The summed E-state index contributed by atoms with van der Waals surface area (Å²) in [6.45, 7) is 0. The third-order valence-corrected chi connectivity index (χ3v) is 11.0. The molecule has 0 aliphatic heterocycles. The Morgan fingerprint density at radius 1 is 0.333 bits per heavy atom. The van der Waals surface area contributed by atoms with Crippen molar-refractivity contribution in [3.63, 3.8) is 0 Å². The van der Waals surface area contributed by atoms with E-state index in [-0.39, 0.29) is 0 Å². The highest BCUT2D eigenvalue weighted by Gasteiger charge is 2.48. The monoisotopic (exact) mass is 530 g/mol. The summed E-state index contributed by atoms with van der Waals surface area (Å²) in [7, 11) is 0. The molecule has 0 saturated heterocycles. The fraction of sp³-hybridized carbons (Fsp3) is 0.0270. The summed E-state index contributed by atoms with van der Waals surface area (Å²) in [6.07, 6.45) is 0. The summed E-state index contributed by atoms with van der Waals surface area (Å²) >= 11 is 3.86. The molecule has 0 N–H and O–H groups in total. The van der Waals surface area contributed by atoms with E-state index in [2.05, 4.69) is 133 Å². The quantitative estimate of drug-likeness (QED) is 0.208. The largest absolute Gasteiger partial charge is 0.135 e. The predicted molar refractivity (Wildman–Crippen MR) is 170 cm³/mol. The number of rotatable bonds is 2. The minimum atomic E-state index is -0.423. The van der Waals surface area contributed by atoms with Crippen LogP contribution in [0.15, 0.2) is 133 Å². The molecule has 0 amide bonds. The number of hydrogen-bond donors (Lipinski definition) is 0. The molecule has 0 nitrogen and oxygen atoms in total. The van der Waals surface area contributed by atoms with Gasteiger partial charge in [0.05, 0.1) is 5.41 Å². The summed E-state index contributed by atoms with van der Waals surface area (Å²) in [5.41, 5.74) is 7.76. The standard InChI is InChI=1S/C37H22S2/c1-5-17-29-23(11-1)24-12-2-6-18-30(24)37(29,31-19-9-15-27-25-13-3-7-21-33(25)38-35(27)31)32-20-10-16-28-26-14-4-8-22-34(26)39-36(28)32/h1-22H. The van der Waals surface area contributed by atoms with E-state index in [1.54, 1.807) is 0 Å². The van der Waals surface area contributed by atoms with Crippen molar-refractivity contribution < 1.29 is 0 Å². The summed E-state index contributed by atoms with van der Waals surface area (Å²) in [6, 6.07) is 49.8. The average Bonchev–Trinajstić information content (AvgIpc) is 3.66. The lowest BCUT2D eigenvalue weighted by Gasteiger charge is -2.34. The first kappa shape index (κ1) is 21.7. The molecule has 2 heteroatoms. The Bertz CT molecular complexity index is 2080. The smallest absolute Gasteiger partial charge is 0.0741 e. The van der Waals surface area contributed by atoms with Crippen LogP contribution in [0.4, 0.5) is 0 Å². The molecule has 1 aliphatic rings. The van der Waals surface area contributed by atoms with Gasteiger partial charge in [-0.05, 0) is 45.5 Å². The van der Waals surface area contributed by atoms with Crippen molar-refractivity contribution in [3.8, 4) is 11.1 Å². The Balaban J connectivity index is 1.54. The van der Waals surface area contributed by atoms with Crippen LogP contribution in [0.5, 0.6) is 0 Å². The van der Waals surface area contributed by atoms with Crippen LogP contribution in [-0.2, 0) is 5.41 Å². The molecule has 8 aromatic rings. The molecule has 9 rings (SSSR count). The van der Waals surface area contributed by atoms with E-state index in [1.165, 1.54) is 73.7 Å². The molecule has 0 bridgehead atoms. The molecule has 39 heavy (non-hydrogen) atoms. The van der Waals surface area contributed by atoms with Crippen molar-refractivity contribution in [3.05, 3.63) is 156 Å². The van der Waals surface area contributed by atoms with E-state index in [0.717, 1.165) is 0 Å². The average molecular weight is 531 g/mol. The van der Waals surface area contributed by atoms with Crippen molar-refractivity contribution in [1.82, 2.24) is 0 Å². The molecule has 0 unspecified atom stereocenters. The lowest BCUT2D eigenvalue weighted by Crippen LogP contribution is -2.28. The van der Waals surface area contributed by atoms with Crippen LogP contribution >= 0.6 is 22.7 Å². The van der Waals surface area contributed by atoms with Crippen LogP contribution in [0, 0.1) is 0 Å². The van der Waals surface area contributed by atoms with Gasteiger partial charge in [0, 0.05) is 40.3 Å². The second-order valence-electron chi connectivity index (χ2n) is 10.4. The minimum Gasteiger partial charge on any atom is -0.135 e. The number of fused-ring (bicyclic) bond motifs is 9. The van der Waals surface area contributed by atoms with Crippen LogP contribution in [0.3, 0.4) is 0 Å². The Hall–Kier alpha value is -4.24. The van der Waals surface area contributed by atoms with Gasteiger partial charge in [-0.15, -0.1) is 22.7 Å². The molecule has 6 aromatic carbocycles. The van der Waals surface area contributed by atoms with Crippen molar-refractivity contribution in [2.24, 2.45) is 0 Å². The molecule has 0 spiro atoms. The van der Waals surface area contributed by atoms with E-state index >= 15 is 0 Å². The van der Waals surface area contributed by atoms with Gasteiger partial charge in [0.15, 0.2) is 0 Å². The summed E-state index contributed by atoms with van der Waals surface area (Å²) in [5.74, 6) is 0. The number of thiophene rings is 2. The summed E-state index contributed by atoms with van der Waals surface area (Å²) in [4.78, 5) is 0. The lowest BCUT2D eigenvalue weighted by molar-refractivity contribution is 0.787. The molecule has 0 fully saturated rings. The molecular formula is C37H22S2. The molecule has 0 radical (unpaired) electrons. The van der Waals surface area contributed by atoms with Gasteiger partial charge in [-0.25, -0.2) is 0 Å². The summed E-state index contributed by atoms with van der Waals surface area (Å²) in [5, 5.41) is 5.37. The zero-order chi connectivity index (χ0) is 25.6. The van der Waals surface area contributed by atoms with Crippen molar-refractivity contribution in [2.45, 2.75) is 5.41 Å². The third kappa shape index (κ3) is 2.73. The van der Waals surface area contributed by atoms with Gasteiger partial charge in [0.25, 0.3) is 0 Å². The molecule has 2 heterocycles. The van der Waals surface area contributed by atoms with E-state index in [0.29, 0.717) is 0 Å². The SMILES string of the molecule is c1ccc2c(c1)-c1ccccc1C2(c1cccc2c1sc1ccccc12)c1cccc2c1sc1ccccc12. The van der Waals surface area contributed by atoms with Crippen LogP contribution in [0.1, 0.15) is 22.3 Å². The first-order valence-corrected chi connectivity index (χ1v) is 15.0. The van der Waals surface area contributed by atoms with Gasteiger partial charge < -0.3 is 0 Å². The van der Waals surface area contributed by atoms with Crippen LogP contribution in [0.2, 0.25) is 0 Å². The molecule has 0 saturated carbocycles. The molecule has 1 aliphatic carbocycles. The van der Waals surface area contributed by atoms with Gasteiger partial charge in [-0.2, -0.15) is 0 Å². The Labute approximate surface area is 234 Å². The third-order valence-electron chi connectivity index (χ3n) is 8.57. The predicted octanol–water partition coefficient (Wildman–Crippen LogP) is 10.8. The van der Waals surface area contributed by atoms with Gasteiger partial charge in [-0.3, -0.25) is 0 Å². The highest BCUT2D eigenvalue weighted by molar-refractivity contribution is 7.26. The highest BCUT2D eigenvalue weighted by Crippen LogP contribution is 2.60. The zero-order valence-electron chi connectivity index (χ0n) is 21.0. The zero-order valence-corrected chi connectivity index (χ0v) is 22.7. The first-order chi connectivity index (χ1) is 19.4. The highest BCUT2D eigenvalue weighted by atomic mass is 32.1. The first-order valence-electron chi connectivity index (χ1n) is 13.4. The van der Waals surface area contributed by atoms with Crippen molar-refractivity contribution in [2.75, 3.05) is 0 Å². The number of hydrogen-bond acceptors (Lipinski definition) is 2. The van der Waals surface area contributed by atoms with Crippen molar-refractivity contribution in [1.29, 1.82) is 0 Å². The van der Waals surface area contributed by atoms with Gasteiger partial charge >= 0.3 is 0 Å². The maximum absolute atomic E-state index is 2.39. The molecule has 182 valence electrons. The minimum absolute atomic E-state index is 0.423. The maximum Gasteiger partial charge on any atom is 0.0741 e. The van der Waals surface area contributed by atoms with Gasteiger partial charge in [0.2, 0.25) is 0 Å². The van der Waals surface area contributed by atoms with Crippen molar-refractivity contribution >= 4 is 63.0 Å². The molecule has 0 atom stereocenters.